The lowest BCUT2D eigenvalue weighted by Gasteiger charge is -2.11. The Kier molecular flexibility index (Phi) is 5.52. The smallest absolute Gasteiger partial charge is 0.251 e. The third kappa shape index (κ3) is 4.50. The number of hydrogen-bond acceptors (Lipinski definition) is 5. The number of pyridine rings is 1. The first-order chi connectivity index (χ1) is 12.9. The molecule has 2 aromatic heterocycles. The predicted octanol–water partition coefficient (Wildman–Crippen LogP) is 1.39. The highest BCUT2D eigenvalue weighted by Gasteiger charge is 2.17. The van der Waals surface area contributed by atoms with Gasteiger partial charge in [0.25, 0.3) is 5.91 Å². The molecule has 0 unspecified atom stereocenters. The van der Waals surface area contributed by atoms with Crippen molar-refractivity contribution in [2.75, 3.05) is 6.54 Å². The fourth-order valence-electron chi connectivity index (χ4n) is 2.63. The van der Waals surface area contributed by atoms with Gasteiger partial charge in [-0.15, -0.1) is 10.2 Å². The summed E-state index contributed by atoms with van der Waals surface area (Å²) in [7, 11) is -3.65. The van der Waals surface area contributed by atoms with Crippen LogP contribution in [0.25, 0.3) is 5.65 Å². The van der Waals surface area contributed by atoms with Gasteiger partial charge in [-0.1, -0.05) is 12.1 Å². The standard InChI is InChI=1S/C18H21N5O3S/c1-13(2)22-27(25,26)15-7-5-6-14(12-15)18(24)19-10-9-17-21-20-16-8-3-4-11-23(16)17/h3-8,11-13,22H,9-10H2,1-2H3,(H,19,24). The number of benzene rings is 1. The number of hydrogen-bond donors (Lipinski definition) is 2. The fraction of sp³-hybridized carbons (Fsp3) is 0.278. The Morgan fingerprint density at radius 3 is 2.74 bits per heavy atom. The summed E-state index contributed by atoms with van der Waals surface area (Å²) in [5, 5.41) is 11.0. The van der Waals surface area contributed by atoms with Crippen LogP contribution in [0.2, 0.25) is 0 Å². The third-order valence-electron chi connectivity index (χ3n) is 3.82. The number of nitrogens with zero attached hydrogens (tertiary/aromatic N) is 3. The van der Waals surface area contributed by atoms with Gasteiger partial charge in [0.1, 0.15) is 5.82 Å². The van der Waals surface area contributed by atoms with Crippen LogP contribution in [-0.2, 0) is 16.4 Å². The number of amides is 1. The quantitative estimate of drug-likeness (QED) is 0.637. The molecule has 0 fully saturated rings. The van der Waals surface area contributed by atoms with E-state index < -0.39 is 10.0 Å². The third-order valence-corrected chi connectivity index (χ3v) is 5.47. The molecule has 1 aromatic carbocycles. The van der Waals surface area contributed by atoms with E-state index in [2.05, 4.69) is 20.2 Å². The maximum absolute atomic E-state index is 12.4. The molecular weight excluding hydrogens is 366 g/mol. The highest BCUT2D eigenvalue weighted by molar-refractivity contribution is 7.89. The van der Waals surface area contributed by atoms with E-state index in [0.29, 0.717) is 13.0 Å². The van der Waals surface area contributed by atoms with Crippen LogP contribution in [0.4, 0.5) is 0 Å². The van der Waals surface area contributed by atoms with Crippen LogP contribution in [0.5, 0.6) is 0 Å². The van der Waals surface area contributed by atoms with Gasteiger partial charge in [0, 0.05) is 30.8 Å². The van der Waals surface area contributed by atoms with Gasteiger partial charge >= 0.3 is 0 Å². The van der Waals surface area contributed by atoms with Crippen molar-refractivity contribution in [3.05, 3.63) is 60.0 Å². The summed E-state index contributed by atoms with van der Waals surface area (Å²) in [4.78, 5) is 12.4. The zero-order chi connectivity index (χ0) is 19.4. The minimum absolute atomic E-state index is 0.0623. The lowest BCUT2D eigenvalue weighted by Crippen LogP contribution is -2.31. The van der Waals surface area contributed by atoms with Gasteiger partial charge in [0.05, 0.1) is 4.90 Å². The van der Waals surface area contributed by atoms with E-state index in [-0.39, 0.29) is 22.4 Å². The van der Waals surface area contributed by atoms with Gasteiger partial charge in [0.2, 0.25) is 10.0 Å². The van der Waals surface area contributed by atoms with Crippen molar-refractivity contribution in [1.82, 2.24) is 24.6 Å². The molecule has 0 aliphatic carbocycles. The number of rotatable bonds is 7. The number of nitrogens with one attached hydrogen (secondary N) is 2. The molecule has 2 N–H and O–H groups in total. The maximum Gasteiger partial charge on any atom is 0.251 e. The van der Waals surface area contributed by atoms with Gasteiger partial charge in [-0.05, 0) is 44.2 Å². The van der Waals surface area contributed by atoms with E-state index in [1.54, 1.807) is 26.0 Å². The van der Waals surface area contributed by atoms with E-state index in [1.165, 1.54) is 12.1 Å². The van der Waals surface area contributed by atoms with Crippen LogP contribution in [0.1, 0.15) is 30.0 Å². The molecule has 1 amide bonds. The number of fused-ring (bicyclic) bond motifs is 1. The molecule has 0 saturated heterocycles. The highest BCUT2D eigenvalue weighted by Crippen LogP contribution is 2.12. The molecule has 2 heterocycles. The number of carbonyl (C=O) groups is 1. The normalized spacial score (nSPS) is 11.8. The molecule has 3 aromatic rings. The Morgan fingerprint density at radius 1 is 1.15 bits per heavy atom. The average Bonchev–Trinajstić information content (AvgIpc) is 3.04. The Morgan fingerprint density at radius 2 is 1.96 bits per heavy atom. The van der Waals surface area contributed by atoms with Crippen molar-refractivity contribution in [2.45, 2.75) is 31.2 Å². The Balaban J connectivity index is 1.65. The zero-order valence-electron chi connectivity index (χ0n) is 15.1. The number of sulfonamides is 1. The van der Waals surface area contributed by atoms with E-state index in [4.69, 9.17) is 0 Å². The second-order valence-corrected chi connectivity index (χ2v) is 8.07. The maximum atomic E-state index is 12.4. The van der Waals surface area contributed by atoms with Crippen molar-refractivity contribution in [3.8, 4) is 0 Å². The largest absolute Gasteiger partial charge is 0.352 e. The fourth-order valence-corrected chi connectivity index (χ4v) is 3.93. The molecule has 3 rings (SSSR count). The SMILES string of the molecule is CC(C)NS(=O)(=O)c1cccc(C(=O)NCCc2nnc3ccccn23)c1. The van der Waals surface area contributed by atoms with Gasteiger partial charge in [0.15, 0.2) is 5.65 Å². The minimum Gasteiger partial charge on any atom is -0.352 e. The topological polar surface area (TPSA) is 105 Å². The zero-order valence-corrected chi connectivity index (χ0v) is 15.9. The second-order valence-electron chi connectivity index (χ2n) is 6.35. The minimum atomic E-state index is -3.65. The summed E-state index contributed by atoms with van der Waals surface area (Å²) in [6.07, 6.45) is 2.37. The van der Waals surface area contributed by atoms with Crippen molar-refractivity contribution >= 4 is 21.6 Å². The Hall–Kier alpha value is -2.78. The summed E-state index contributed by atoms with van der Waals surface area (Å²) < 4.78 is 28.9. The molecule has 0 aliphatic heterocycles. The van der Waals surface area contributed by atoms with Crippen LogP contribution in [0.15, 0.2) is 53.6 Å². The Labute approximate surface area is 157 Å². The summed E-state index contributed by atoms with van der Waals surface area (Å²) in [6, 6.07) is 11.3. The monoisotopic (exact) mass is 387 g/mol. The molecule has 142 valence electrons. The molecule has 0 spiro atoms. The predicted molar refractivity (Wildman–Crippen MR) is 101 cm³/mol. The van der Waals surface area contributed by atoms with Gasteiger partial charge in [-0.3, -0.25) is 9.20 Å². The number of aromatic nitrogens is 3. The lowest BCUT2D eigenvalue weighted by atomic mass is 10.2. The molecule has 9 heteroatoms. The highest BCUT2D eigenvalue weighted by atomic mass is 32.2. The molecule has 0 aliphatic rings. The van der Waals surface area contributed by atoms with Crippen molar-refractivity contribution in [2.24, 2.45) is 0 Å². The molecule has 0 saturated carbocycles. The summed E-state index contributed by atoms with van der Waals surface area (Å²) >= 11 is 0. The van der Waals surface area contributed by atoms with Crippen molar-refractivity contribution in [3.63, 3.8) is 0 Å². The van der Waals surface area contributed by atoms with E-state index in [0.717, 1.165) is 11.5 Å². The van der Waals surface area contributed by atoms with Gasteiger partial charge in [-0.2, -0.15) is 0 Å². The van der Waals surface area contributed by atoms with Gasteiger partial charge in [-0.25, -0.2) is 13.1 Å². The first-order valence-electron chi connectivity index (χ1n) is 8.56. The van der Waals surface area contributed by atoms with Crippen LogP contribution in [0, 0.1) is 0 Å². The lowest BCUT2D eigenvalue weighted by molar-refractivity contribution is 0.0953. The molecule has 0 radical (unpaired) electrons. The second kappa shape index (κ2) is 7.85. The van der Waals surface area contributed by atoms with Crippen molar-refractivity contribution in [1.29, 1.82) is 0 Å². The molecule has 0 bridgehead atoms. The first kappa shape index (κ1) is 19.0. The van der Waals surface area contributed by atoms with Crippen molar-refractivity contribution < 1.29 is 13.2 Å². The van der Waals surface area contributed by atoms with Crippen LogP contribution >= 0.6 is 0 Å². The van der Waals surface area contributed by atoms with Crippen LogP contribution in [0.3, 0.4) is 0 Å². The molecule has 0 atom stereocenters. The van der Waals surface area contributed by atoms with Gasteiger partial charge < -0.3 is 5.32 Å². The van der Waals surface area contributed by atoms with E-state index in [9.17, 15) is 13.2 Å². The molecule has 27 heavy (non-hydrogen) atoms. The molecule has 8 nitrogen and oxygen atoms in total. The van der Waals surface area contributed by atoms with E-state index in [1.807, 2.05) is 28.8 Å². The van der Waals surface area contributed by atoms with Crippen LogP contribution < -0.4 is 10.0 Å². The summed E-state index contributed by atoms with van der Waals surface area (Å²) in [5.74, 6) is 0.397. The van der Waals surface area contributed by atoms with Crippen LogP contribution in [-0.4, -0.2) is 41.5 Å². The summed E-state index contributed by atoms with van der Waals surface area (Å²) in [5.41, 5.74) is 1.03. The van der Waals surface area contributed by atoms with E-state index >= 15 is 0 Å². The molecular formula is C18H21N5O3S. The average molecular weight is 387 g/mol. The Bertz CT molecular complexity index is 1060. The summed E-state index contributed by atoms with van der Waals surface area (Å²) in [6.45, 7) is 3.83. The number of carbonyl (C=O) groups excluding carboxylic acids is 1. The first-order valence-corrected chi connectivity index (χ1v) is 10.0.